The van der Waals surface area contributed by atoms with Crippen molar-refractivity contribution in [1.82, 2.24) is 9.55 Å². The van der Waals surface area contributed by atoms with Gasteiger partial charge in [-0.15, -0.1) is 0 Å². The first kappa shape index (κ1) is 27.3. The van der Waals surface area contributed by atoms with E-state index in [1.54, 1.807) is 6.92 Å². The Bertz CT molecular complexity index is 1050. The highest BCUT2D eigenvalue weighted by Gasteiger charge is 2.34. The topological polar surface area (TPSA) is 53.3 Å². The molecule has 7 heteroatoms. The molecule has 0 saturated heterocycles. The van der Waals surface area contributed by atoms with Gasteiger partial charge in [0.15, 0.2) is 11.6 Å². The number of Topliss-reactive ketones (excluding diaryl/α,β-unsaturated/α-hetero) is 1. The van der Waals surface area contributed by atoms with Gasteiger partial charge in [0.05, 0.1) is 11.8 Å². The van der Waals surface area contributed by atoms with Gasteiger partial charge in [0, 0.05) is 27.8 Å². The molecular formula is C28H40N2O3Si2. The maximum Gasteiger partial charge on any atom is 0.240 e. The molecule has 35 heavy (non-hydrogen) atoms. The van der Waals surface area contributed by atoms with Gasteiger partial charge in [-0.3, -0.25) is 4.79 Å². The molecule has 0 spiro atoms. The van der Waals surface area contributed by atoms with Gasteiger partial charge in [-0.1, -0.05) is 101 Å². The Morgan fingerprint density at radius 3 is 2.00 bits per heavy atom. The third kappa shape index (κ3) is 7.83. The van der Waals surface area contributed by atoms with Crippen LogP contribution in [0.2, 0.25) is 25.7 Å². The van der Waals surface area contributed by atoms with Crippen LogP contribution in [0.3, 0.4) is 0 Å². The largest absolute Gasteiger partial charge is 0.402 e. The van der Waals surface area contributed by atoms with Gasteiger partial charge in [0.1, 0.15) is 6.73 Å². The SMILES string of the molecule is CC(=O)c1nc(C(O[SiH](c2ccccc2)c2ccccc2)C(C)(C)C)cn1COCC[Si](C)(C)C. The maximum atomic E-state index is 12.4. The minimum Gasteiger partial charge on any atom is -0.402 e. The van der Waals surface area contributed by atoms with Crippen molar-refractivity contribution in [2.75, 3.05) is 6.61 Å². The number of nitrogens with zero attached hydrogens (tertiary/aromatic N) is 2. The summed E-state index contributed by atoms with van der Waals surface area (Å²) < 4.78 is 14.8. The summed E-state index contributed by atoms with van der Waals surface area (Å²) in [5.74, 6) is 0.348. The molecule has 3 rings (SSSR count). The van der Waals surface area contributed by atoms with Crippen molar-refractivity contribution < 1.29 is 14.0 Å². The van der Waals surface area contributed by atoms with Crippen LogP contribution in [-0.4, -0.2) is 39.1 Å². The molecule has 0 aliphatic rings. The second-order valence-electron chi connectivity index (χ2n) is 11.4. The van der Waals surface area contributed by atoms with Crippen molar-refractivity contribution in [3.8, 4) is 0 Å². The molecule has 0 bridgehead atoms. The monoisotopic (exact) mass is 508 g/mol. The van der Waals surface area contributed by atoms with Gasteiger partial charge in [-0.25, -0.2) is 4.98 Å². The van der Waals surface area contributed by atoms with Crippen molar-refractivity contribution in [1.29, 1.82) is 0 Å². The third-order valence-electron chi connectivity index (χ3n) is 5.87. The predicted molar refractivity (Wildman–Crippen MR) is 149 cm³/mol. The number of carbonyl (C=O) groups excluding carboxylic acids is 1. The summed E-state index contributed by atoms with van der Waals surface area (Å²) in [7, 11) is -3.20. The van der Waals surface area contributed by atoms with Crippen LogP contribution in [-0.2, 0) is 15.9 Å². The summed E-state index contributed by atoms with van der Waals surface area (Å²) in [5.41, 5.74) is 0.557. The molecule has 1 atom stereocenters. The highest BCUT2D eigenvalue weighted by atomic mass is 28.3. The summed E-state index contributed by atoms with van der Waals surface area (Å²) in [6, 6.07) is 22.0. The second-order valence-corrected chi connectivity index (χ2v) is 19.4. The average molecular weight is 509 g/mol. The minimum absolute atomic E-state index is 0.0716. The zero-order valence-corrected chi connectivity index (χ0v) is 24.4. The molecule has 0 N–H and O–H groups in total. The highest BCUT2D eigenvalue weighted by molar-refractivity contribution is 6.80. The third-order valence-corrected chi connectivity index (χ3v) is 10.1. The fraction of sp³-hybridized carbons (Fsp3) is 0.429. The first-order chi connectivity index (χ1) is 16.5. The van der Waals surface area contributed by atoms with Crippen LogP contribution >= 0.6 is 0 Å². The van der Waals surface area contributed by atoms with E-state index >= 15 is 0 Å². The van der Waals surface area contributed by atoms with E-state index in [1.165, 1.54) is 10.4 Å². The lowest BCUT2D eigenvalue weighted by Crippen LogP contribution is -2.47. The van der Waals surface area contributed by atoms with E-state index in [4.69, 9.17) is 14.1 Å². The molecule has 0 saturated carbocycles. The maximum absolute atomic E-state index is 12.4. The van der Waals surface area contributed by atoms with Crippen LogP contribution in [0.15, 0.2) is 66.9 Å². The Morgan fingerprint density at radius 1 is 1.00 bits per heavy atom. The number of benzene rings is 2. The number of ether oxygens (including phenoxy) is 1. The van der Waals surface area contributed by atoms with E-state index < -0.39 is 17.1 Å². The molecule has 0 fully saturated rings. The standard InChI is InChI=1S/C28H40N2O3Si2/c1-22(31)27-29-25(20-30(27)21-32-18-19-35(5,6)7)26(28(2,3)4)33-34(23-14-10-8-11-15-23)24-16-12-9-13-17-24/h8-17,20,26,34H,18-19,21H2,1-7H3. The van der Waals surface area contributed by atoms with Crippen LogP contribution in [0.1, 0.15) is 50.1 Å². The van der Waals surface area contributed by atoms with E-state index in [0.717, 1.165) is 11.7 Å². The van der Waals surface area contributed by atoms with Crippen molar-refractivity contribution in [3.05, 3.63) is 78.4 Å². The number of ketones is 1. The number of rotatable bonds is 11. The smallest absolute Gasteiger partial charge is 0.240 e. The molecule has 0 amide bonds. The van der Waals surface area contributed by atoms with E-state index in [9.17, 15) is 4.79 Å². The predicted octanol–water partition coefficient (Wildman–Crippen LogP) is 5.04. The number of imidazole rings is 1. The summed E-state index contributed by atoms with van der Waals surface area (Å²) in [6.07, 6.45) is 1.67. The van der Waals surface area contributed by atoms with Gasteiger partial charge >= 0.3 is 0 Å². The zero-order valence-electron chi connectivity index (χ0n) is 22.2. The van der Waals surface area contributed by atoms with E-state index in [0.29, 0.717) is 19.2 Å². The van der Waals surface area contributed by atoms with Crippen LogP contribution in [0.4, 0.5) is 0 Å². The summed E-state index contributed by atoms with van der Waals surface area (Å²) in [5, 5.41) is 2.43. The van der Waals surface area contributed by atoms with Crippen LogP contribution in [0, 0.1) is 5.41 Å². The van der Waals surface area contributed by atoms with Gasteiger partial charge in [0.2, 0.25) is 9.04 Å². The number of hydrogen-bond donors (Lipinski definition) is 0. The summed E-state index contributed by atoms with van der Waals surface area (Å²) in [4.78, 5) is 17.2. The zero-order chi connectivity index (χ0) is 25.6. The fourth-order valence-corrected chi connectivity index (χ4v) is 7.36. The Balaban J connectivity index is 1.93. The molecule has 0 radical (unpaired) electrons. The lowest BCUT2D eigenvalue weighted by Gasteiger charge is -2.33. The van der Waals surface area contributed by atoms with Crippen LogP contribution in [0.5, 0.6) is 0 Å². The van der Waals surface area contributed by atoms with Gasteiger partial charge in [0.25, 0.3) is 0 Å². The first-order valence-electron chi connectivity index (χ1n) is 12.4. The van der Waals surface area contributed by atoms with E-state index in [1.807, 2.05) is 22.9 Å². The summed E-state index contributed by atoms with van der Waals surface area (Å²) >= 11 is 0. The molecule has 3 aromatic rings. The van der Waals surface area contributed by atoms with Gasteiger partial charge < -0.3 is 13.7 Å². The minimum atomic E-state index is -2.02. The molecule has 5 nitrogen and oxygen atoms in total. The van der Waals surface area contributed by atoms with Gasteiger partial charge in [-0.05, 0) is 21.8 Å². The Kier molecular flexibility index (Phi) is 9.04. The number of carbonyl (C=O) groups is 1. The molecule has 1 unspecified atom stereocenters. The molecule has 2 aromatic carbocycles. The average Bonchev–Trinajstić information content (AvgIpc) is 3.21. The molecular weight excluding hydrogens is 468 g/mol. The van der Waals surface area contributed by atoms with Crippen molar-refractivity contribution in [2.45, 2.75) is 66.2 Å². The van der Waals surface area contributed by atoms with E-state index in [-0.39, 0.29) is 17.3 Å². The first-order valence-corrected chi connectivity index (χ1v) is 17.7. The van der Waals surface area contributed by atoms with E-state index in [2.05, 4.69) is 88.9 Å². The molecule has 188 valence electrons. The number of aromatic nitrogens is 2. The van der Waals surface area contributed by atoms with Crippen LogP contribution in [0.25, 0.3) is 0 Å². The molecule has 0 aliphatic carbocycles. The Labute approximate surface area is 213 Å². The highest BCUT2D eigenvalue weighted by Crippen LogP contribution is 2.36. The number of hydrogen-bond acceptors (Lipinski definition) is 4. The molecule has 0 aliphatic heterocycles. The molecule has 1 heterocycles. The quantitative estimate of drug-likeness (QED) is 0.207. The van der Waals surface area contributed by atoms with Crippen molar-refractivity contribution in [2.24, 2.45) is 5.41 Å². The molecule has 1 aromatic heterocycles. The van der Waals surface area contributed by atoms with Crippen molar-refractivity contribution >= 4 is 33.3 Å². The Morgan fingerprint density at radius 2 is 1.54 bits per heavy atom. The fourth-order valence-electron chi connectivity index (χ4n) is 3.94. The van der Waals surface area contributed by atoms with Crippen LogP contribution < -0.4 is 10.4 Å². The normalized spacial score (nSPS) is 13.3. The van der Waals surface area contributed by atoms with Crippen molar-refractivity contribution in [3.63, 3.8) is 0 Å². The summed E-state index contributed by atoms with van der Waals surface area (Å²) in [6.45, 7) is 16.1. The second kappa shape index (κ2) is 11.6. The lowest BCUT2D eigenvalue weighted by atomic mass is 9.87. The lowest BCUT2D eigenvalue weighted by molar-refractivity contribution is 0.0789. The van der Waals surface area contributed by atoms with Gasteiger partial charge in [-0.2, -0.15) is 0 Å². The Hall–Kier alpha value is -2.33.